The van der Waals surface area contributed by atoms with Gasteiger partial charge in [-0.25, -0.2) is 0 Å². The zero-order valence-electron chi connectivity index (χ0n) is 47.7. The number of anilines is 12. The van der Waals surface area contributed by atoms with Gasteiger partial charge in [-0.2, -0.15) is 0 Å². The fraction of sp³-hybridized carbons (Fsp3) is 0.0370. The van der Waals surface area contributed by atoms with Gasteiger partial charge in [0.15, 0.2) is 0 Å². The van der Waals surface area contributed by atoms with Crippen LogP contribution in [0, 0.1) is 20.8 Å². The Balaban J connectivity index is 0.896. The van der Waals surface area contributed by atoms with Crippen LogP contribution in [-0.2, 0) is 0 Å². The summed E-state index contributed by atoms with van der Waals surface area (Å²) in [5.74, 6) is 0. The zero-order chi connectivity index (χ0) is 57.0. The molecule has 404 valence electrons. The first-order valence-corrected chi connectivity index (χ1v) is 29.3. The lowest BCUT2D eigenvalue weighted by molar-refractivity contribution is 1.24. The summed E-state index contributed by atoms with van der Waals surface area (Å²) in [5, 5.41) is 14.6. The van der Waals surface area contributed by atoms with Crippen molar-refractivity contribution in [3.8, 4) is 0 Å². The Hall–Kier alpha value is -10.9. The van der Waals surface area contributed by atoms with Crippen LogP contribution in [0.2, 0.25) is 0 Å². The van der Waals surface area contributed by atoms with E-state index in [2.05, 4.69) is 350 Å². The lowest BCUT2D eigenvalue weighted by Crippen LogP contribution is -2.14. The first kappa shape index (κ1) is 51.0. The van der Waals surface area contributed by atoms with E-state index in [0.717, 1.165) is 68.2 Å². The largest absolute Gasteiger partial charge is 0.310 e. The molecule has 0 atom stereocenters. The number of hydrogen-bond donors (Lipinski definition) is 0. The minimum Gasteiger partial charge on any atom is -0.310 e. The van der Waals surface area contributed by atoms with Gasteiger partial charge < -0.3 is 19.6 Å². The molecule has 0 amide bonds. The van der Waals surface area contributed by atoms with Crippen molar-refractivity contribution < 1.29 is 0 Å². The van der Waals surface area contributed by atoms with Crippen LogP contribution in [0.25, 0.3) is 64.6 Å². The maximum Gasteiger partial charge on any atom is 0.0546 e. The monoisotopic (exact) mass is 1090 g/mol. The summed E-state index contributed by atoms with van der Waals surface area (Å²) >= 11 is 0. The molecular formula is C81H60N4. The van der Waals surface area contributed by atoms with E-state index in [9.17, 15) is 0 Å². The molecule has 0 heterocycles. The van der Waals surface area contributed by atoms with Gasteiger partial charge >= 0.3 is 0 Å². The highest BCUT2D eigenvalue weighted by Gasteiger charge is 2.24. The molecule has 0 saturated heterocycles. The second-order valence-electron chi connectivity index (χ2n) is 22.4. The van der Waals surface area contributed by atoms with Crippen LogP contribution in [0.1, 0.15) is 16.7 Å². The van der Waals surface area contributed by atoms with Gasteiger partial charge in [-0.15, -0.1) is 0 Å². The van der Waals surface area contributed by atoms with Crippen molar-refractivity contribution in [1.29, 1.82) is 0 Å². The third kappa shape index (κ3) is 9.31. The van der Waals surface area contributed by atoms with Gasteiger partial charge in [0, 0.05) is 67.3 Å². The molecule has 0 aliphatic rings. The van der Waals surface area contributed by atoms with Crippen LogP contribution >= 0.6 is 0 Å². The van der Waals surface area contributed by atoms with Crippen LogP contribution in [0.5, 0.6) is 0 Å². The average molecular weight is 1090 g/mol. The summed E-state index contributed by atoms with van der Waals surface area (Å²) in [6.07, 6.45) is 0. The summed E-state index contributed by atoms with van der Waals surface area (Å²) in [6.45, 7) is 6.52. The molecule has 0 spiro atoms. The van der Waals surface area contributed by atoms with Crippen molar-refractivity contribution in [2.75, 3.05) is 19.6 Å². The number of aryl methyl sites for hydroxylation is 3. The molecule has 4 heteroatoms. The number of nitrogens with zero attached hydrogens (tertiary/aromatic N) is 4. The molecule has 15 aromatic rings. The Morgan fingerprint density at radius 3 is 0.647 bits per heavy atom. The Morgan fingerprint density at radius 1 is 0.165 bits per heavy atom. The van der Waals surface area contributed by atoms with Gasteiger partial charge in [0.25, 0.3) is 0 Å². The van der Waals surface area contributed by atoms with Crippen LogP contribution in [-0.4, -0.2) is 0 Å². The summed E-state index contributed by atoms with van der Waals surface area (Å²) in [6, 6.07) is 114. The lowest BCUT2D eigenvalue weighted by Gasteiger charge is -2.31. The topological polar surface area (TPSA) is 13.0 Å². The third-order valence-electron chi connectivity index (χ3n) is 16.8. The van der Waals surface area contributed by atoms with Gasteiger partial charge in [-0.3, -0.25) is 0 Å². The first-order chi connectivity index (χ1) is 41.9. The molecule has 0 aliphatic carbocycles. The van der Waals surface area contributed by atoms with Crippen molar-refractivity contribution in [3.05, 3.63) is 326 Å². The first-order valence-electron chi connectivity index (χ1n) is 29.3. The quantitative estimate of drug-likeness (QED) is 0.113. The molecule has 15 rings (SSSR count). The Bertz CT molecular complexity index is 4500. The molecule has 4 nitrogen and oxygen atoms in total. The Morgan fingerprint density at radius 2 is 0.388 bits per heavy atom. The van der Waals surface area contributed by atoms with Crippen LogP contribution in [0.4, 0.5) is 68.2 Å². The van der Waals surface area contributed by atoms with Crippen molar-refractivity contribution >= 4 is 133 Å². The Labute approximate surface area is 496 Å². The second-order valence-corrected chi connectivity index (χ2v) is 22.4. The number of benzene rings is 15. The summed E-state index contributed by atoms with van der Waals surface area (Å²) in [7, 11) is 0. The highest BCUT2D eigenvalue weighted by molar-refractivity contribution is 6.17. The van der Waals surface area contributed by atoms with E-state index in [1.54, 1.807) is 0 Å². The smallest absolute Gasteiger partial charge is 0.0546 e. The molecule has 0 bridgehead atoms. The summed E-state index contributed by atoms with van der Waals surface area (Å²) in [5.41, 5.74) is 16.6. The van der Waals surface area contributed by atoms with Gasteiger partial charge in [0.1, 0.15) is 0 Å². The normalized spacial score (nSPS) is 11.5. The van der Waals surface area contributed by atoms with Gasteiger partial charge in [0.2, 0.25) is 0 Å². The maximum absolute atomic E-state index is 2.42. The SMILES string of the molecule is Cc1cccc(N(c2ccc(N(c3ccc(N(c4cccc(C)c4)c4cc5ccccc5c5ccccc45)cc3)c3ccc(N(c4cccc(C)c4)c4cc5ccccc5c5ccccc45)cc3)cc2)c2cc3ccccc3c3ccccc23)c1. The lowest BCUT2D eigenvalue weighted by atomic mass is 9.98. The van der Waals surface area contributed by atoms with E-state index >= 15 is 0 Å². The predicted molar refractivity (Wildman–Crippen MR) is 364 cm³/mol. The van der Waals surface area contributed by atoms with Crippen molar-refractivity contribution in [1.82, 2.24) is 0 Å². The molecule has 15 aromatic carbocycles. The fourth-order valence-electron chi connectivity index (χ4n) is 12.9. The van der Waals surface area contributed by atoms with Crippen molar-refractivity contribution in [3.63, 3.8) is 0 Å². The van der Waals surface area contributed by atoms with Crippen molar-refractivity contribution in [2.45, 2.75) is 20.8 Å². The molecule has 0 saturated carbocycles. The van der Waals surface area contributed by atoms with E-state index in [4.69, 9.17) is 0 Å². The molecule has 0 N–H and O–H groups in total. The summed E-state index contributed by atoms with van der Waals surface area (Å²) in [4.78, 5) is 9.66. The standard InChI is InChI=1S/C81H60N4/c1-55-19-16-25-67(49-55)83(79-52-58-22-4-7-28-70(58)73-31-10-13-34-76(73)79)64-43-37-61(38-44-64)82(62-39-45-65(46-40-62)84(68-26-17-20-56(2)50-68)80-53-59-23-5-8-29-71(59)74-32-11-14-35-77(74)80)63-41-47-66(48-42-63)85(69-27-18-21-57(3)51-69)81-54-60-24-6-9-30-72(60)75-33-12-15-36-78(75)81/h4-54H,1-3H3. The van der Waals surface area contributed by atoms with Gasteiger partial charge in [-0.1, -0.05) is 182 Å². The predicted octanol–water partition coefficient (Wildman–Crippen LogP) is 23.4. The van der Waals surface area contributed by atoms with Gasteiger partial charge in [0.05, 0.1) is 17.1 Å². The van der Waals surface area contributed by atoms with E-state index < -0.39 is 0 Å². The number of hydrogen-bond acceptors (Lipinski definition) is 4. The minimum atomic E-state index is 1.03. The molecule has 85 heavy (non-hydrogen) atoms. The van der Waals surface area contributed by atoms with E-state index in [1.165, 1.54) is 81.3 Å². The minimum absolute atomic E-state index is 1.03. The van der Waals surface area contributed by atoms with E-state index in [0.29, 0.717) is 0 Å². The highest BCUT2D eigenvalue weighted by atomic mass is 15.2. The number of rotatable bonds is 12. The van der Waals surface area contributed by atoms with E-state index in [1.807, 2.05) is 0 Å². The van der Waals surface area contributed by atoms with Crippen LogP contribution in [0.3, 0.4) is 0 Å². The third-order valence-corrected chi connectivity index (χ3v) is 16.8. The molecule has 0 radical (unpaired) electrons. The van der Waals surface area contributed by atoms with E-state index in [-0.39, 0.29) is 0 Å². The second kappa shape index (κ2) is 21.4. The molecule has 0 unspecified atom stereocenters. The maximum atomic E-state index is 2.42. The van der Waals surface area contributed by atoms with Gasteiger partial charge in [-0.05, 0) is 213 Å². The fourth-order valence-corrected chi connectivity index (χ4v) is 12.9. The summed E-state index contributed by atoms with van der Waals surface area (Å²) < 4.78 is 0. The molecular weight excluding hydrogens is 1030 g/mol. The molecule has 0 aromatic heterocycles. The Kier molecular flexibility index (Phi) is 12.9. The molecule has 0 aliphatic heterocycles. The van der Waals surface area contributed by atoms with Crippen LogP contribution in [0.15, 0.2) is 309 Å². The highest BCUT2D eigenvalue weighted by Crippen LogP contribution is 2.48. The van der Waals surface area contributed by atoms with Crippen molar-refractivity contribution in [2.24, 2.45) is 0 Å². The average Bonchev–Trinajstić information content (AvgIpc) is 2.97. The zero-order valence-corrected chi connectivity index (χ0v) is 47.7. The molecule has 0 fully saturated rings. The number of fused-ring (bicyclic) bond motifs is 9. The van der Waals surface area contributed by atoms with Crippen LogP contribution < -0.4 is 19.6 Å².